The Labute approximate surface area is 160 Å². The molecule has 0 spiro atoms. The molecule has 2 aromatic rings. The minimum absolute atomic E-state index is 0.00533. The summed E-state index contributed by atoms with van der Waals surface area (Å²) < 4.78 is 12.0. The molecule has 2 rings (SSSR count). The fraction of sp³-hybridized carbons (Fsp3) is 0.353. The Morgan fingerprint density at radius 2 is 2.26 bits per heavy atom. The molecule has 9 nitrogen and oxygen atoms in total. The van der Waals surface area contributed by atoms with Crippen LogP contribution in [0.15, 0.2) is 28.1 Å². The first-order valence-electron chi connectivity index (χ1n) is 8.24. The zero-order valence-corrected chi connectivity index (χ0v) is 15.8. The van der Waals surface area contributed by atoms with E-state index in [2.05, 4.69) is 15.3 Å². The monoisotopic (exact) mass is 392 g/mol. The molecule has 0 fully saturated rings. The van der Waals surface area contributed by atoms with Crippen LogP contribution in [0, 0.1) is 4.77 Å². The third-order valence-electron chi connectivity index (χ3n) is 3.49. The van der Waals surface area contributed by atoms with Crippen LogP contribution in [0.3, 0.4) is 0 Å². The number of para-hydroxylation sites is 1. The largest absolute Gasteiger partial charge is 0.493 e. The quantitative estimate of drug-likeness (QED) is 0.495. The van der Waals surface area contributed by atoms with Crippen molar-refractivity contribution in [2.24, 2.45) is 5.10 Å². The van der Waals surface area contributed by atoms with Gasteiger partial charge in [-0.3, -0.25) is 14.7 Å². The summed E-state index contributed by atoms with van der Waals surface area (Å²) in [6, 6.07) is 5.30. The predicted molar refractivity (Wildman–Crippen MR) is 101 cm³/mol. The number of methoxy groups -OCH3 is 1. The average molecular weight is 392 g/mol. The summed E-state index contributed by atoms with van der Waals surface area (Å²) in [5, 5.41) is 19.2. The molecule has 0 aliphatic carbocycles. The van der Waals surface area contributed by atoms with Gasteiger partial charge in [-0.25, -0.2) is 0 Å². The molecular weight excluding hydrogens is 372 g/mol. The Bertz CT molecular complexity index is 951. The molecule has 0 atom stereocenters. The molecule has 1 aromatic carbocycles. The van der Waals surface area contributed by atoms with E-state index in [1.807, 2.05) is 6.92 Å². The van der Waals surface area contributed by atoms with Gasteiger partial charge in [0.15, 0.2) is 11.5 Å². The van der Waals surface area contributed by atoms with Gasteiger partial charge in [-0.1, -0.05) is 13.0 Å². The molecule has 0 amide bonds. The lowest BCUT2D eigenvalue weighted by Gasteiger charge is -2.12. The van der Waals surface area contributed by atoms with Crippen molar-refractivity contribution >= 4 is 24.4 Å². The van der Waals surface area contributed by atoms with Crippen molar-refractivity contribution in [3.8, 4) is 11.5 Å². The molecule has 0 bridgehead atoms. The Hall–Kier alpha value is -3.01. The van der Waals surface area contributed by atoms with Gasteiger partial charge in [-0.05, 0) is 30.8 Å². The van der Waals surface area contributed by atoms with E-state index in [9.17, 15) is 9.59 Å². The lowest BCUT2D eigenvalue weighted by atomic mass is 10.2. The SMILES string of the molecule is CCCOc1c(/C=N\n2c(=S)[nH]nc(CCC(=O)O)c2=O)cccc1OC. The Morgan fingerprint density at radius 3 is 2.93 bits per heavy atom. The first-order chi connectivity index (χ1) is 13.0. The topological polar surface area (TPSA) is 119 Å². The number of carboxylic acid groups (broad SMARTS) is 1. The summed E-state index contributed by atoms with van der Waals surface area (Å²) in [4.78, 5) is 23.2. The van der Waals surface area contributed by atoms with Gasteiger partial charge in [-0.15, -0.1) is 0 Å². The molecule has 0 aliphatic rings. The van der Waals surface area contributed by atoms with Crippen molar-refractivity contribution in [3.05, 3.63) is 44.6 Å². The maximum atomic E-state index is 12.5. The van der Waals surface area contributed by atoms with Crippen molar-refractivity contribution in [1.82, 2.24) is 14.9 Å². The maximum Gasteiger partial charge on any atom is 0.303 e. The minimum atomic E-state index is -1.03. The fourth-order valence-electron chi connectivity index (χ4n) is 2.19. The van der Waals surface area contributed by atoms with Crippen LogP contribution in [-0.2, 0) is 11.2 Å². The molecule has 27 heavy (non-hydrogen) atoms. The molecule has 0 aliphatic heterocycles. The van der Waals surface area contributed by atoms with Crippen molar-refractivity contribution in [2.45, 2.75) is 26.2 Å². The maximum absolute atomic E-state index is 12.5. The number of aliphatic carboxylic acids is 1. The smallest absolute Gasteiger partial charge is 0.303 e. The minimum Gasteiger partial charge on any atom is -0.493 e. The Balaban J connectivity index is 2.41. The highest BCUT2D eigenvalue weighted by molar-refractivity contribution is 7.71. The molecule has 1 aromatic heterocycles. The van der Waals surface area contributed by atoms with Crippen LogP contribution in [0.1, 0.15) is 31.0 Å². The van der Waals surface area contributed by atoms with Crippen LogP contribution in [-0.4, -0.2) is 45.9 Å². The van der Waals surface area contributed by atoms with Gasteiger partial charge in [-0.2, -0.15) is 14.9 Å². The normalized spacial score (nSPS) is 10.9. The van der Waals surface area contributed by atoms with Gasteiger partial charge < -0.3 is 14.6 Å². The number of nitrogens with one attached hydrogen (secondary N) is 1. The standard InChI is InChI=1S/C17H20N4O5S/c1-3-9-26-15-11(5-4-6-13(15)25-2)10-18-21-16(24)12(7-8-14(22)23)19-20-17(21)27/h4-6,10H,3,7-9H2,1-2H3,(H,20,27)(H,22,23)/b18-10-. The number of nitrogens with zero attached hydrogens (tertiary/aromatic N) is 3. The van der Waals surface area contributed by atoms with Crippen molar-refractivity contribution < 1.29 is 19.4 Å². The number of aryl methyl sites for hydroxylation is 1. The van der Waals surface area contributed by atoms with E-state index in [0.717, 1.165) is 11.1 Å². The molecule has 0 radical (unpaired) electrons. The summed E-state index contributed by atoms with van der Waals surface area (Å²) in [5.74, 6) is 0.0262. The van der Waals surface area contributed by atoms with E-state index >= 15 is 0 Å². The molecule has 0 saturated carbocycles. The van der Waals surface area contributed by atoms with E-state index in [1.54, 1.807) is 18.2 Å². The van der Waals surface area contributed by atoms with Crippen molar-refractivity contribution in [3.63, 3.8) is 0 Å². The highest BCUT2D eigenvalue weighted by atomic mass is 32.1. The van der Waals surface area contributed by atoms with E-state index in [-0.39, 0.29) is 23.3 Å². The molecule has 2 N–H and O–H groups in total. The second-order valence-corrected chi connectivity index (χ2v) is 5.84. The molecule has 10 heteroatoms. The summed E-state index contributed by atoms with van der Waals surface area (Å²) in [7, 11) is 1.54. The second-order valence-electron chi connectivity index (χ2n) is 5.46. The lowest BCUT2D eigenvalue weighted by molar-refractivity contribution is -0.136. The van der Waals surface area contributed by atoms with Gasteiger partial charge in [0, 0.05) is 12.0 Å². The number of aromatic amines is 1. The summed E-state index contributed by atoms with van der Waals surface area (Å²) in [5.41, 5.74) is 0.0689. The van der Waals surface area contributed by atoms with Gasteiger partial charge in [0.05, 0.1) is 26.4 Å². The number of carbonyl (C=O) groups is 1. The summed E-state index contributed by atoms with van der Waals surface area (Å²) >= 11 is 5.06. The van der Waals surface area contributed by atoms with Gasteiger partial charge in [0.2, 0.25) is 4.77 Å². The number of H-pyrrole nitrogens is 1. The second kappa shape index (κ2) is 9.62. The van der Waals surface area contributed by atoms with E-state index < -0.39 is 11.5 Å². The summed E-state index contributed by atoms with van der Waals surface area (Å²) in [6.07, 6.45) is 2.00. The fourth-order valence-corrected chi connectivity index (χ4v) is 2.37. The third-order valence-corrected chi connectivity index (χ3v) is 3.75. The van der Waals surface area contributed by atoms with Crippen LogP contribution in [0.2, 0.25) is 0 Å². The van der Waals surface area contributed by atoms with E-state index in [4.69, 9.17) is 26.8 Å². The predicted octanol–water partition coefficient (Wildman–Crippen LogP) is 2.00. The number of benzene rings is 1. The first-order valence-corrected chi connectivity index (χ1v) is 8.65. The van der Waals surface area contributed by atoms with Crippen molar-refractivity contribution in [1.29, 1.82) is 0 Å². The van der Waals surface area contributed by atoms with Crippen molar-refractivity contribution in [2.75, 3.05) is 13.7 Å². The van der Waals surface area contributed by atoms with Crippen LogP contribution in [0.4, 0.5) is 0 Å². The number of carboxylic acids is 1. The molecule has 1 heterocycles. The molecular formula is C17H20N4O5S. The molecule has 144 valence electrons. The first kappa shape index (κ1) is 20.3. The van der Waals surface area contributed by atoms with Crippen LogP contribution in [0.5, 0.6) is 11.5 Å². The van der Waals surface area contributed by atoms with Gasteiger partial charge in [0.1, 0.15) is 5.69 Å². The molecule has 0 saturated heterocycles. The van der Waals surface area contributed by atoms with Crippen LogP contribution < -0.4 is 15.0 Å². The zero-order chi connectivity index (χ0) is 19.8. The zero-order valence-electron chi connectivity index (χ0n) is 15.0. The lowest BCUT2D eigenvalue weighted by Crippen LogP contribution is -2.25. The third kappa shape index (κ3) is 5.23. The highest BCUT2D eigenvalue weighted by Crippen LogP contribution is 2.30. The average Bonchev–Trinajstić information content (AvgIpc) is 2.65. The molecule has 0 unspecified atom stereocenters. The summed E-state index contributed by atoms with van der Waals surface area (Å²) in [6.45, 7) is 2.48. The highest BCUT2D eigenvalue weighted by Gasteiger charge is 2.11. The van der Waals surface area contributed by atoms with E-state index in [1.165, 1.54) is 13.3 Å². The number of hydrogen-bond acceptors (Lipinski definition) is 7. The number of aromatic nitrogens is 3. The van der Waals surface area contributed by atoms with Gasteiger partial charge in [0.25, 0.3) is 5.56 Å². The van der Waals surface area contributed by atoms with Crippen LogP contribution in [0.25, 0.3) is 0 Å². The number of rotatable bonds is 9. The van der Waals surface area contributed by atoms with E-state index in [0.29, 0.717) is 23.7 Å². The Kier molecular flexibility index (Phi) is 7.24. The number of hydrogen-bond donors (Lipinski definition) is 2. The Morgan fingerprint density at radius 1 is 1.48 bits per heavy atom. The van der Waals surface area contributed by atoms with Gasteiger partial charge >= 0.3 is 5.97 Å². The van der Waals surface area contributed by atoms with Crippen LogP contribution >= 0.6 is 12.2 Å². The number of ether oxygens (including phenoxy) is 2.